The molecule has 0 saturated carbocycles. The van der Waals surface area contributed by atoms with Crippen LogP contribution in [0.25, 0.3) is 5.69 Å². The third-order valence-electron chi connectivity index (χ3n) is 3.84. The standard InChI is InChI=1S/C16H16N2O3/c1-21-16(20)12-8-5-9-14-13(15(12)19)10-17-18(14)11-6-3-2-4-7-11/h2-4,6-7,10,12H,5,8-9H2,1H3. The van der Waals surface area contributed by atoms with Crippen molar-refractivity contribution in [1.82, 2.24) is 9.78 Å². The number of rotatable bonds is 2. The Morgan fingerprint density at radius 3 is 2.81 bits per heavy atom. The highest BCUT2D eigenvalue weighted by atomic mass is 16.5. The van der Waals surface area contributed by atoms with Crippen LogP contribution in [0.4, 0.5) is 0 Å². The summed E-state index contributed by atoms with van der Waals surface area (Å²) in [5.74, 6) is -1.35. The van der Waals surface area contributed by atoms with E-state index in [2.05, 4.69) is 5.10 Å². The SMILES string of the molecule is COC(=O)C1CCCc2c(cnn2-c2ccccc2)C1=O. The summed E-state index contributed by atoms with van der Waals surface area (Å²) < 4.78 is 6.52. The molecule has 21 heavy (non-hydrogen) atoms. The Morgan fingerprint density at radius 2 is 2.10 bits per heavy atom. The van der Waals surface area contributed by atoms with Gasteiger partial charge in [-0.3, -0.25) is 9.59 Å². The second kappa shape index (κ2) is 5.52. The average Bonchev–Trinajstić information content (AvgIpc) is 2.88. The van der Waals surface area contributed by atoms with Crippen LogP contribution in [-0.4, -0.2) is 28.6 Å². The largest absolute Gasteiger partial charge is 0.468 e. The molecule has 2 aromatic rings. The van der Waals surface area contributed by atoms with Gasteiger partial charge in [-0.2, -0.15) is 5.10 Å². The van der Waals surface area contributed by atoms with Gasteiger partial charge in [-0.1, -0.05) is 18.2 Å². The first kappa shape index (κ1) is 13.5. The van der Waals surface area contributed by atoms with E-state index in [1.807, 2.05) is 30.3 Å². The molecule has 0 bridgehead atoms. The zero-order valence-corrected chi connectivity index (χ0v) is 11.8. The molecule has 1 aromatic carbocycles. The minimum absolute atomic E-state index is 0.184. The number of esters is 1. The molecule has 1 atom stereocenters. The van der Waals surface area contributed by atoms with E-state index in [-0.39, 0.29) is 5.78 Å². The molecule has 0 radical (unpaired) electrons. The fraction of sp³-hybridized carbons (Fsp3) is 0.312. The highest BCUT2D eigenvalue weighted by Crippen LogP contribution is 2.27. The maximum atomic E-state index is 12.5. The number of ether oxygens (including phenoxy) is 1. The van der Waals surface area contributed by atoms with Gasteiger partial charge in [-0.05, 0) is 31.4 Å². The van der Waals surface area contributed by atoms with Gasteiger partial charge < -0.3 is 4.74 Å². The van der Waals surface area contributed by atoms with E-state index in [1.54, 1.807) is 10.9 Å². The first-order valence-electron chi connectivity index (χ1n) is 6.96. The van der Waals surface area contributed by atoms with E-state index in [0.29, 0.717) is 12.0 Å². The van der Waals surface area contributed by atoms with Gasteiger partial charge in [-0.25, -0.2) is 4.68 Å². The third kappa shape index (κ3) is 2.35. The lowest BCUT2D eigenvalue weighted by Crippen LogP contribution is -2.24. The lowest BCUT2D eigenvalue weighted by atomic mass is 9.97. The number of benzene rings is 1. The van der Waals surface area contributed by atoms with Crippen molar-refractivity contribution in [2.24, 2.45) is 5.92 Å². The van der Waals surface area contributed by atoms with Gasteiger partial charge in [0.1, 0.15) is 5.92 Å². The fourth-order valence-electron chi connectivity index (χ4n) is 2.77. The highest BCUT2D eigenvalue weighted by molar-refractivity contribution is 6.09. The summed E-state index contributed by atoms with van der Waals surface area (Å²) in [5, 5.41) is 4.32. The number of hydrogen-bond acceptors (Lipinski definition) is 4. The molecule has 5 heteroatoms. The molecule has 1 unspecified atom stereocenters. The third-order valence-corrected chi connectivity index (χ3v) is 3.84. The van der Waals surface area contributed by atoms with Crippen LogP contribution in [0, 0.1) is 5.92 Å². The van der Waals surface area contributed by atoms with Crippen molar-refractivity contribution in [3.05, 3.63) is 47.8 Å². The van der Waals surface area contributed by atoms with Crippen LogP contribution in [0.2, 0.25) is 0 Å². The molecular formula is C16H16N2O3. The summed E-state index contributed by atoms with van der Waals surface area (Å²) in [6.45, 7) is 0. The smallest absolute Gasteiger partial charge is 0.316 e. The monoisotopic (exact) mass is 284 g/mol. The molecule has 1 aromatic heterocycles. The number of Topliss-reactive ketones (excluding diaryl/α,β-unsaturated/α-hetero) is 1. The molecule has 5 nitrogen and oxygen atoms in total. The van der Waals surface area contributed by atoms with Gasteiger partial charge >= 0.3 is 5.97 Å². The number of hydrogen-bond donors (Lipinski definition) is 0. The minimum Gasteiger partial charge on any atom is -0.468 e. The van der Waals surface area contributed by atoms with Gasteiger partial charge in [-0.15, -0.1) is 0 Å². The molecule has 3 rings (SSSR count). The maximum Gasteiger partial charge on any atom is 0.316 e. The van der Waals surface area contributed by atoms with Crippen LogP contribution in [0.1, 0.15) is 28.9 Å². The van der Waals surface area contributed by atoms with Gasteiger partial charge in [0.15, 0.2) is 5.78 Å². The van der Waals surface area contributed by atoms with E-state index >= 15 is 0 Å². The molecule has 1 aliphatic rings. The van der Waals surface area contributed by atoms with Crippen molar-refractivity contribution in [3.8, 4) is 5.69 Å². The minimum atomic E-state index is -0.704. The van der Waals surface area contributed by atoms with E-state index in [9.17, 15) is 9.59 Å². The lowest BCUT2D eigenvalue weighted by molar-refractivity contribution is -0.143. The number of para-hydroxylation sites is 1. The number of carbonyl (C=O) groups is 2. The zero-order chi connectivity index (χ0) is 14.8. The normalized spacial score (nSPS) is 18.0. The summed E-state index contributed by atoms with van der Waals surface area (Å²) in [4.78, 5) is 24.3. The lowest BCUT2D eigenvalue weighted by Gasteiger charge is -2.09. The predicted octanol–water partition coefficient (Wildman–Crippen LogP) is 2.18. The summed E-state index contributed by atoms with van der Waals surface area (Å²) in [6.07, 6.45) is 3.57. The number of methoxy groups -OCH3 is 1. The summed E-state index contributed by atoms with van der Waals surface area (Å²) >= 11 is 0. The molecule has 1 heterocycles. The number of aromatic nitrogens is 2. The highest BCUT2D eigenvalue weighted by Gasteiger charge is 2.33. The van der Waals surface area contributed by atoms with Crippen LogP contribution in [0.15, 0.2) is 36.5 Å². The first-order chi connectivity index (χ1) is 10.2. The van der Waals surface area contributed by atoms with E-state index in [4.69, 9.17) is 4.74 Å². The van der Waals surface area contributed by atoms with Gasteiger partial charge in [0, 0.05) is 0 Å². The Hall–Kier alpha value is -2.43. The van der Waals surface area contributed by atoms with Gasteiger partial charge in [0.25, 0.3) is 0 Å². The molecule has 0 N–H and O–H groups in total. The van der Waals surface area contributed by atoms with Crippen molar-refractivity contribution in [3.63, 3.8) is 0 Å². The molecule has 0 amide bonds. The molecule has 0 fully saturated rings. The van der Waals surface area contributed by atoms with Crippen molar-refractivity contribution < 1.29 is 14.3 Å². The van der Waals surface area contributed by atoms with Gasteiger partial charge in [0.2, 0.25) is 0 Å². The maximum absolute atomic E-state index is 12.5. The molecule has 0 aliphatic heterocycles. The predicted molar refractivity (Wildman–Crippen MR) is 76.3 cm³/mol. The average molecular weight is 284 g/mol. The fourth-order valence-corrected chi connectivity index (χ4v) is 2.77. The molecule has 1 aliphatic carbocycles. The number of carbonyl (C=O) groups excluding carboxylic acids is 2. The zero-order valence-electron chi connectivity index (χ0n) is 11.8. The molecular weight excluding hydrogens is 268 g/mol. The molecule has 108 valence electrons. The second-order valence-electron chi connectivity index (χ2n) is 5.08. The van der Waals surface area contributed by atoms with Crippen LogP contribution in [0.5, 0.6) is 0 Å². The Bertz CT molecular complexity index is 676. The second-order valence-corrected chi connectivity index (χ2v) is 5.08. The van der Waals surface area contributed by atoms with E-state index < -0.39 is 11.9 Å². The van der Waals surface area contributed by atoms with Crippen molar-refractivity contribution >= 4 is 11.8 Å². The Morgan fingerprint density at radius 1 is 1.33 bits per heavy atom. The quantitative estimate of drug-likeness (QED) is 0.482. The van der Waals surface area contributed by atoms with Crippen LogP contribution in [-0.2, 0) is 16.0 Å². The van der Waals surface area contributed by atoms with Crippen molar-refractivity contribution in [1.29, 1.82) is 0 Å². The number of nitrogens with zero attached hydrogens (tertiary/aromatic N) is 2. The molecule has 0 saturated heterocycles. The first-order valence-corrected chi connectivity index (χ1v) is 6.96. The van der Waals surface area contributed by atoms with E-state index in [1.165, 1.54) is 7.11 Å². The van der Waals surface area contributed by atoms with Crippen LogP contribution in [0.3, 0.4) is 0 Å². The van der Waals surface area contributed by atoms with Crippen LogP contribution < -0.4 is 0 Å². The van der Waals surface area contributed by atoms with Crippen molar-refractivity contribution in [2.45, 2.75) is 19.3 Å². The van der Waals surface area contributed by atoms with Crippen LogP contribution >= 0.6 is 0 Å². The number of fused-ring (bicyclic) bond motifs is 1. The van der Waals surface area contributed by atoms with E-state index in [0.717, 1.165) is 24.2 Å². The summed E-state index contributed by atoms with van der Waals surface area (Å²) in [6, 6.07) is 9.68. The topological polar surface area (TPSA) is 61.2 Å². The summed E-state index contributed by atoms with van der Waals surface area (Å²) in [7, 11) is 1.31. The number of ketones is 1. The molecule has 0 spiro atoms. The summed E-state index contributed by atoms with van der Waals surface area (Å²) in [5.41, 5.74) is 2.33. The Kier molecular flexibility index (Phi) is 3.56. The van der Waals surface area contributed by atoms with Gasteiger partial charge in [0.05, 0.1) is 30.3 Å². The van der Waals surface area contributed by atoms with Crippen molar-refractivity contribution in [2.75, 3.05) is 7.11 Å². The Labute approximate surface area is 122 Å². The Balaban J connectivity index is 2.02.